The smallest absolute Gasteiger partial charge is 0.131 e. The number of rotatable bonds is 8. The topological polar surface area (TPSA) is 66.9 Å². The fourth-order valence-corrected chi connectivity index (χ4v) is 1.31. The van der Waals surface area contributed by atoms with E-state index >= 15 is 0 Å². The van der Waals surface area contributed by atoms with Crippen LogP contribution in [-0.4, -0.2) is 28.8 Å². The van der Waals surface area contributed by atoms with Crippen molar-refractivity contribution in [3.05, 3.63) is 12.4 Å². The van der Waals surface area contributed by atoms with Gasteiger partial charge < -0.3 is 10.6 Å². The Bertz CT molecular complexity index is 354. The van der Waals surface area contributed by atoms with Crippen LogP contribution < -0.4 is 10.6 Å². The van der Waals surface area contributed by atoms with Crippen molar-refractivity contribution in [3.8, 4) is 0 Å². The van der Waals surface area contributed by atoms with Crippen LogP contribution in [0.4, 0.5) is 11.6 Å². The van der Waals surface area contributed by atoms with Crippen LogP contribution in [-0.2, 0) is 4.79 Å². The lowest BCUT2D eigenvalue weighted by Crippen LogP contribution is -2.08. The normalized spacial score (nSPS) is 10.0. The molecule has 2 N–H and O–H groups in total. The molecule has 0 aliphatic heterocycles. The Labute approximate surface area is 102 Å². The molecule has 0 saturated carbocycles. The molecule has 5 nitrogen and oxygen atoms in total. The average molecular weight is 236 g/mol. The Morgan fingerprint density at radius 1 is 1.24 bits per heavy atom. The molecule has 0 aromatic carbocycles. The van der Waals surface area contributed by atoms with Crippen molar-refractivity contribution in [1.82, 2.24) is 9.97 Å². The van der Waals surface area contributed by atoms with Gasteiger partial charge in [0.25, 0.3) is 0 Å². The van der Waals surface area contributed by atoms with Crippen molar-refractivity contribution in [3.63, 3.8) is 0 Å². The number of anilines is 2. The summed E-state index contributed by atoms with van der Waals surface area (Å²) in [6.07, 6.45) is 4.31. The molecule has 0 bridgehead atoms. The quantitative estimate of drug-likeness (QED) is 0.676. The van der Waals surface area contributed by atoms with Crippen LogP contribution in [0, 0.1) is 0 Å². The predicted molar refractivity (Wildman–Crippen MR) is 69.2 cm³/mol. The monoisotopic (exact) mass is 236 g/mol. The lowest BCUT2D eigenvalue weighted by Gasteiger charge is -2.07. The minimum Gasteiger partial charge on any atom is -0.370 e. The number of hydrogen-bond donors (Lipinski definition) is 2. The van der Waals surface area contributed by atoms with Gasteiger partial charge in [0.05, 0.1) is 0 Å². The van der Waals surface area contributed by atoms with Gasteiger partial charge in [0.2, 0.25) is 0 Å². The molecule has 1 aromatic rings. The summed E-state index contributed by atoms with van der Waals surface area (Å²) in [5, 5.41) is 6.32. The first-order chi connectivity index (χ1) is 8.22. The van der Waals surface area contributed by atoms with Gasteiger partial charge in [-0.2, -0.15) is 0 Å². The third-order valence-corrected chi connectivity index (χ3v) is 2.29. The third kappa shape index (κ3) is 5.85. The van der Waals surface area contributed by atoms with E-state index in [4.69, 9.17) is 0 Å². The van der Waals surface area contributed by atoms with Crippen molar-refractivity contribution in [2.24, 2.45) is 0 Å². The van der Waals surface area contributed by atoms with E-state index < -0.39 is 0 Å². The second-order valence-electron chi connectivity index (χ2n) is 3.95. The molecule has 0 atom stereocenters. The zero-order valence-corrected chi connectivity index (χ0v) is 10.5. The van der Waals surface area contributed by atoms with Crippen molar-refractivity contribution in [1.29, 1.82) is 0 Å². The molecule has 0 fully saturated rings. The fraction of sp³-hybridized carbons (Fsp3) is 0.583. The van der Waals surface area contributed by atoms with E-state index in [-0.39, 0.29) is 5.78 Å². The molecule has 1 heterocycles. The minimum absolute atomic E-state index is 0.174. The Morgan fingerprint density at radius 2 is 1.88 bits per heavy atom. The molecular formula is C12H20N4O. The molecule has 0 radical (unpaired) electrons. The molecule has 0 amide bonds. The van der Waals surface area contributed by atoms with Crippen LogP contribution in [0.25, 0.3) is 0 Å². The van der Waals surface area contributed by atoms with Crippen molar-refractivity contribution in [2.45, 2.75) is 33.1 Å². The van der Waals surface area contributed by atoms with Gasteiger partial charge in [-0.05, 0) is 13.3 Å². The van der Waals surface area contributed by atoms with Crippen LogP contribution in [0.5, 0.6) is 0 Å². The van der Waals surface area contributed by atoms with Gasteiger partial charge in [0, 0.05) is 25.6 Å². The Morgan fingerprint density at radius 3 is 2.47 bits per heavy atom. The summed E-state index contributed by atoms with van der Waals surface area (Å²) in [6, 6.07) is 1.86. The van der Waals surface area contributed by atoms with E-state index in [9.17, 15) is 4.79 Å². The summed E-state index contributed by atoms with van der Waals surface area (Å²) in [5.74, 6) is 1.74. The van der Waals surface area contributed by atoms with Crippen molar-refractivity contribution < 1.29 is 4.79 Å². The van der Waals surface area contributed by atoms with E-state index in [0.717, 1.165) is 31.0 Å². The molecule has 0 unspecified atom stereocenters. The molecule has 94 valence electrons. The third-order valence-electron chi connectivity index (χ3n) is 2.29. The fourth-order valence-electron chi connectivity index (χ4n) is 1.31. The Hall–Kier alpha value is -1.65. The van der Waals surface area contributed by atoms with E-state index in [0.29, 0.717) is 13.0 Å². The maximum atomic E-state index is 10.8. The number of Topliss-reactive ketones (excluding diaryl/α,β-unsaturated/α-hetero) is 1. The van der Waals surface area contributed by atoms with Gasteiger partial charge in [0.1, 0.15) is 23.7 Å². The van der Waals surface area contributed by atoms with E-state index in [1.165, 1.54) is 6.33 Å². The number of nitrogens with zero attached hydrogens (tertiary/aromatic N) is 2. The van der Waals surface area contributed by atoms with E-state index in [1.54, 1.807) is 6.92 Å². The van der Waals surface area contributed by atoms with Gasteiger partial charge in [-0.15, -0.1) is 0 Å². The molecule has 0 spiro atoms. The zero-order chi connectivity index (χ0) is 12.5. The van der Waals surface area contributed by atoms with Crippen LogP contribution in [0.2, 0.25) is 0 Å². The number of carbonyl (C=O) groups is 1. The van der Waals surface area contributed by atoms with Crippen molar-refractivity contribution in [2.75, 3.05) is 23.7 Å². The summed E-state index contributed by atoms with van der Waals surface area (Å²) in [7, 11) is 0. The molecule has 17 heavy (non-hydrogen) atoms. The lowest BCUT2D eigenvalue weighted by molar-refractivity contribution is -0.116. The first-order valence-electron chi connectivity index (χ1n) is 6.01. The largest absolute Gasteiger partial charge is 0.370 e. The van der Waals surface area contributed by atoms with Gasteiger partial charge in [-0.25, -0.2) is 9.97 Å². The Balaban J connectivity index is 2.39. The molecule has 0 aliphatic carbocycles. The first-order valence-corrected chi connectivity index (χ1v) is 6.01. The standard InChI is InChI=1S/C12H20N4O/c1-3-4-6-13-11-8-12(16-9-15-11)14-7-5-10(2)17/h8-9H,3-7H2,1-2H3,(H2,13,14,15,16). The molecule has 0 saturated heterocycles. The highest BCUT2D eigenvalue weighted by Crippen LogP contribution is 2.08. The highest BCUT2D eigenvalue weighted by atomic mass is 16.1. The summed E-state index contributed by atoms with van der Waals surface area (Å²) >= 11 is 0. The van der Waals surface area contributed by atoms with Crippen LogP contribution in [0.3, 0.4) is 0 Å². The first kappa shape index (κ1) is 13.4. The number of aromatic nitrogens is 2. The summed E-state index contributed by atoms with van der Waals surface area (Å²) in [4.78, 5) is 19.0. The maximum absolute atomic E-state index is 10.8. The summed E-state index contributed by atoms with van der Waals surface area (Å²) in [5.41, 5.74) is 0. The number of unbranched alkanes of at least 4 members (excludes halogenated alkanes) is 1. The van der Waals surface area contributed by atoms with Gasteiger partial charge in [-0.3, -0.25) is 4.79 Å². The van der Waals surface area contributed by atoms with Crippen LogP contribution >= 0.6 is 0 Å². The molecule has 1 rings (SSSR count). The molecule has 1 aromatic heterocycles. The van der Waals surface area contributed by atoms with Crippen LogP contribution in [0.15, 0.2) is 12.4 Å². The predicted octanol–water partition coefficient (Wildman–Crippen LogP) is 2.08. The molecule has 0 aliphatic rings. The van der Waals surface area contributed by atoms with Crippen LogP contribution in [0.1, 0.15) is 33.1 Å². The van der Waals surface area contributed by atoms with E-state index in [1.807, 2.05) is 6.07 Å². The highest BCUT2D eigenvalue weighted by Gasteiger charge is 1.98. The Kier molecular flexibility index (Phi) is 5.99. The minimum atomic E-state index is 0.174. The molecular weight excluding hydrogens is 216 g/mol. The second kappa shape index (κ2) is 7.60. The van der Waals surface area contributed by atoms with E-state index in [2.05, 4.69) is 27.5 Å². The number of carbonyl (C=O) groups excluding carboxylic acids is 1. The van der Waals surface area contributed by atoms with Gasteiger partial charge >= 0.3 is 0 Å². The molecule has 5 heteroatoms. The lowest BCUT2D eigenvalue weighted by atomic mass is 10.3. The highest BCUT2D eigenvalue weighted by molar-refractivity contribution is 5.75. The van der Waals surface area contributed by atoms with Gasteiger partial charge in [-0.1, -0.05) is 13.3 Å². The SMILES string of the molecule is CCCCNc1cc(NCCC(C)=O)ncn1. The number of hydrogen-bond acceptors (Lipinski definition) is 5. The second-order valence-corrected chi connectivity index (χ2v) is 3.95. The number of nitrogens with one attached hydrogen (secondary N) is 2. The zero-order valence-electron chi connectivity index (χ0n) is 10.5. The van der Waals surface area contributed by atoms with Gasteiger partial charge in [0.15, 0.2) is 0 Å². The number of ketones is 1. The summed E-state index contributed by atoms with van der Waals surface area (Å²) < 4.78 is 0. The average Bonchev–Trinajstić information content (AvgIpc) is 2.29. The maximum Gasteiger partial charge on any atom is 0.131 e. The van der Waals surface area contributed by atoms with Crippen molar-refractivity contribution >= 4 is 17.4 Å². The summed E-state index contributed by atoms with van der Waals surface area (Å²) in [6.45, 7) is 5.26.